The fraction of sp³-hybridized carbons (Fsp3) is 0.385. The Kier molecular flexibility index (Phi) is 4.22. The molecule has 1 aliphatic rings. The zero-order valence-corrected chi connectivity index (χ0v) is 10.5. The molecule has 102 valence electrons. The van der Waals surface area contributed by atoms with Gasteiger partial charge in [0.15, 0.2) is 0 Å². The molecule has 2 rings (SSSR count). The standard InChI is InChI=1S/C13H16N2O4/c14-12(16)10-4-1-2-5-11(10)18-8-3-6-15-7-9-19-13(15)17/h1-2,4-5H,3,6-9H2,(H2,14,16). The summed E-state index contributed by atoms with van der Waals surface area (Å²) in [4.78, 5) is 24.0. The third kappa shape index (κ3) is 3.37. The number of rotatable bonds is 6. The SMILES string of the molecule is NC(=O)c1ccccc1OCCCN1CCOC1=O. The predicted molar refractivity (Wildman–Crippen MR) is 68.0 cm³/mol. The third-order valence-corrected chi connectivity index (χ3v) is 2.83. The first-order chi connectivity index (χ1) is 9.18. The highest BCUT2D eigenvalue weighted by atomic mass is 16.6. The van der Waals surface area contributed by atoms with Crippen molar-refractivity contribution < 1.29 is 19.1 Å². The van der Waals surface area contributed by atoms with Crippen LogP contribution in [0, 0.1) is 0 Å². The normalized spacial score (nSPS) is 14.3. The molecule has 6 heteroatoms. The number of carbonyl (C=O) groups excluding carboxylic acids is 2. The molecular formula is C13H16N2O4. The maximum absolute atomic E-state index is 11.2. The highest BCUT2D eigenvalue weighted by Crippen LogP contribution is 2.17. The summed E-state index contributed by atoms with van der Waals surface area (Å²) in [6.45, 7) is 2.06. The zero-order valence-electron chi connectivity index (χ0n) is 10.5. The summed E-state index contributed by atoms with van der Waals surface area (Å²) in [6.07, 6.45) is 0.389. The van der Waals surface area contributed by atoms with E-state index in [2.05, 4.69) is 0 Å². The summed E-state index contributed by atoms with van der Waals surface area (Å²) in [7, 11) is 0. The van der Waals surface area contributed by atoms with Crippen molar-refractivity contribution in [2.75, 3.05) is 26.3 Å². The van der Waals surface area contributed by atoms with Crippen molar-refractivity contribution in [2.24, 2.45) is 5.73 Å². The van der Waals surface area contributed by atoms with Gasteiger partial charge in [-0.2, -0.15) is 0 Å². The Morgan fingerprint density at radius 2 is 2.21 bits per heavy atom. The zero-order chi connectivity index (χ0) is 13.7. The van der Waals surface area contributed by atoms with Crippen molar-refractivity contribution >= 4 is 12.0 Å². The van der Waals surface area contributed by atoms with Crippen LogP contribution in [0.2, 0.25) is 0 Å². The molecule has 1 saturated heterocycles. The van der Waals surface area contributed by atoms with E-state index in [4.69, 9.17) is 15.2 Å². The van der Waals surface area contributed by atoms with Gasteiger partial charge in [0, 0.05) is 6.54 Å². The first kappa shape index (κ1) is 13.2. The molecule has 0 radical (unpaired) electrons. The van der Waals surface area contributed by atoms with Crippen LogP contribution in [-0.2, 0) is 4.74 Å². The van der Waals surface area contributed by atoms with E-state index in [1.54, 1.807) is 29.2 Å². The van der Waals surface area contributed by atoms with Crippen molar-refractivity contribution in [2.45, 2.75) is 6.42 Å². The highest BCUT2D eigenvalue weighted by Gasteiger charge is 2.20. The van der Waals surface area contributed by atoms with Crippen LogP contribution in [0.3, 0.4) is 0 Å². The van der Waals surface area contributed by atoms with Crippen LogP contribution in [0.5, 0.6) is 5.75 Å². The molecule has 0 saturated carbocycles. The van der Waals surface area contributed by atoms with E-state index in [1.165, 1.54) is 0 Å². The molecule has 0 atom stereocenters. The van der Waals surface area contributed by atoms with Crippen LogP contribution in [0.1, 0.15) is 16.8 Å². The summed E-state index contributed by atoms with van der Waals surface area (Å²) in [5, 5.41) is 0. The quantitative estimate of drug-likeness (QED) is 0.777. The number of carbonyl (C=O) groups is 2. The largest absolute Gasteiger partial charge is 0.493 e. The molecule has 0 aromatic heterocycles. The van der Waals surface area contributed by atoms with Crippen LogP contribution in [0.25, 0.3) is 0 Å². The summed E-state index contributed by atoms with van der Waals surface area (Å²) >= 11 is 0. The smallest absolute Gasteiger partial charge is 0.409 e. The van der Waals surface area contributed by atoms with Crippen LogP contribution in [0.4, 0.5) is 4.79 Å². The van der Waals surface area contributed by atoms with E-state index in [9.17, 15) is 9.59 Å². The number of para-hydroxylation sites is 1. The number of amides is 2. The van der Waals surface area contributed by atoms with Crippen LogP contribution < -0.4 is 10.5 Å². The highest BCUT2D eigenvalue weighted by molar-refractivity contribution is 5.95. The lowest BCUT2D eigenvalue weighted by atomic mass is 10.2. The molecule has 6 nitrogen and oxygen atoms in total. The summed E-state index contributed by atoms with van der Waals surface area (Å²) in [5.41, 5.74) is 5.61. The van der Waals surface area contributed by atoms with E-state index in [0.29, 0.717) is 44.0 Å². The van der Waals surface area contributed by atoms with Gasteiger partial charge < -0.3 is 20.1 Å². The minimum atomic E-state index is -0.515. The maximum atomic E-state index is 11.2. The lowest BCUT2D eigenvalue weighted by Gasteiger charge is -2.13. The third-order valence-electron chi connectivity index (χ3n) is 2.83. The van der Waals surface area contributed by atoms with Gasteiger partial charge in [0.25, 0.3) is 5.91 Å². The monoisotopic (exact) mass is 264 g/mol. The van der Waals surface area contributed by atoms with Crippen molar-refractivity contribution in [3.63, 3.8) is 0 Å². The molecule has 1 aromatic carbocycles. The summed E-state index contributed by atoms with van der Waals surface area (Å²) < 4.78 is 10.3. The Morgan fingerprint density at radius 3 is 2.89 bits per heavy atom. The molecule has 1 aromatic rings. The van der Waals surface area contributed by atoms with Gasteiger partial charge in [-0.15, -0.1) is 0 Å². The Labute approximate surface area is 111 Å². The predicted octanol–water partition coefficient (Wildman–Crippen LogP) is 1.01. The van der Waals surface area contributed by atoms with Crippen molar-refractivity contribution in [1.82, 2.24) is 4.90 Å². The number of nitrogens with zero attached hydrogens (tertiary/aromatic N) is 1. The van der Waals surface area contributed by atoms with Gasteiger partial charge in [0.1, 0.15) is 12.4 Å². The van der Waals surface area contributed by atoms with Crippen LogP contribution in [-0.4, -0.2) is 43.2 Å². The molecule has 0 spiro atoms. The molecule has 0 aliphatic carbocycles. The fourth-order valence-electron chi connectivity index (χ4n) is 1.86. The fourth-order valence-corrected chi connectivity index (χ4v) is 1.86. The number of hydrogen-bond donors (Lipinski definition) is 1. The van der Waals surface area contributed by atoms with Gasteiger partial charge in [-0.05, 0) is 18.6 Å². The van der Waals surface area contributed by atoms with Crippen molar-refractivity contribution in [1.29, 1.82) is 0 Å². The van der Waals surface area contributed by atoms with Gasteiger partial charge in [0.05, 0.1) is 18.7 Å². The number of hydrogen-bond acceptors (Lipinski definition) is 4. The second kappa shape index (κ2) is 6.08. The van der Waals surface area contributed by atoms with Gasteiger partial charge in [-0.25, -0.2) is 4.79 Å². The van der Waals surface area contributed by atoms with Gasteiger partial charge >= 0.3 is 6.09 Å². The van der Waals surface area contributed by atoms with Gasteiger partial charge in [-0.1, -0.05) is 12.1 Å². The van der Waals surface area contributed by atoms with Crippen LogP contribution >= 0.6 is 0 Å². The molecule has 1 aliphatic heterocycles. The average Bonchev–Trinajstić information content (AvgIpc) is 2.80. The first-order valence-corrected chi connectivity index (χ1v) is 6.12. The molecule has 1 fully saturated rings. The molecule has 0 unspecified atom stereocenters. The molecule has 2 amide bonds. The number of primary amides is 1. The summed E-state index contributed by atoms with van der Waals surface area (Å²) in [6, 6.07) is 6.83. The second-order valence-electron chi connectivity index (χ2n) is 4.16. The van der Waals surface area contributed by atoms with Crippen LogP contribution in [0.15, 0.2) is 24.3 Å². The molecule has 19 heavy (non-hydrogen) atoms. The van der Waals surface area contributed by atoms with Crippen molar-refractivity contribution in [3.8, 4) is 5.75 Å². The molecule has 0 bridgehead atoms. The molecular weight excluding hydrogens is 248 g/mol. The van der Waals surface area contributed by atoms with Gasteiger partial charge in [0.2, 0.25) is 0 Å². The van der Waals surface area contributed by atoms with E-state index in [1.807, 2.05) is 0 Å². The van der Waals surface area contributed by atoms with E-state index in [0.717, 1.165) is 0 Å². The Hall–Kier alpha value is -2.24. The lowest BCUT2D eigenvalue weighted by Crippen LogP contribution is -2.26. The minimum absolute atomic E-state index is 0.280. The number of ether oxygens (including phenoxy) is 2. The van der Waals surface area contributed by atoms with E-state index < -0.39 is 5.91 Å². The van der Waals surface area contributed by atoms with Gasteiger partial charge in [-0.3, -0.25) is 4.79 Å². The topological polar surface area (TPSA) is 81.9 Å². The maximum Gasteiger partial charge on any atom is 0.409 e. The minimum Gasteiger partial charge on any atom is -0.493 e. The Morgan fingerprint density at radius 1 is 1.42 bits per heavy atom. The second-order valence-corrected chi connectivity index (χ2v) is 4.16. The van der Waals surface area contributed by atoms with E-state index >= 15 is 0 Å². The average molecular weight is 264 g/mol. The lowest BCUT2D eigenvalue weighted by molar-refractivity contribution is 0.0996. The first-order valence-electron chi connectivity index (χ1n) is 6.12. The van der Waals surface area contributed by atoms with Crippen molar-refractivity contribution in [3.05, 3.63) is 29.8 Å². The Bertz CT molecular complexity index is 475. The molecule has 1 heterocycles. The van der Waals surface area contributed by atoms with E-state index in [-0.39, 0.29) is 6.09 Å². The summed E-state index contributed by atoms with van der Waals surface area (Å²) in [5.74, 6) is -0.0438. The number of cyclic esters (lactones) is 1. The number of benzene rings is 1. The molecule has 2 N–H and O–H groups in total. The Balaban J connectivity index is 1.79. The number of nitrogens with two attached hydrogens (primary N) is 1.